The van der Waals surface area contributed by atoms with Gasteiger partial charge in [-0.1, -0.05) is 64.1 Å². The van der Waals surface area contributed by atoms with Crippen molar-refractivity contribution in [2.75, 3.05) is 17.9 Å². The summed E-state index contributed by atoms with van der Waals surface area (Å²) in [6, 6.07) is 25.0. The summed E-state index contributed by atoms with van der Waals surface area (Å²) in [5.74, 6) is 0.314. The number of aromatic nitrogens is 6. The molecule has 3 amide bonds. The monoisotopic (exact) mass is 1150 g/mol. The lowest BCUT2D eigenvalue weighted by Gasteiger charge is -2.35. The molecule has 0 unspecified atom stereocenters. The fourth-order valence-corrected chi connectivity index (χ4v) is 12.3. The number of aryl methyl sites for hydroxylation is 3. The molecule has 0 spiro atoms. The van der Waals surface area contributed by atoms with Gasteiger partial charge in [0.15, 0.2) is 5.75 Å². The molecular formula is C60H66N10O10S2. The summed E-state index contributed by atoms with van der Waals surface area (Å²) < 4.78 is 53.6. The number of hydrogen-bond donors (Lipinski definition) is 4. The van der Waals surface area contributed by atoms with E-state index in [1.807, 2.05) is 77.4 Å². The number of hydrogen-bond acceptors (Lipinski definition) is 14. The van der Waals surface area contributed by atoms with Crippen LogP contribution in [-0.2, 0) is 33.7 Å². The highest BCUT2D eigenvalue weighted by molar-refractivity contribution is 7.92. The summed E-state index contributed by atoms with van der Waals surface area (Å²) in [7, 11) is -1.10. The Balaban J connectivity index is 0.759. The first-order valence-corrected chi connectivity index (χ1v) is 29.5. The quantitative estimate of drug-likeness (QED) is 0.0593. The summed E-state index contributed by atoms with van der Waals surface area (Å²) in [4.78, 5) is 66.3. The zero-order valence-corrected chi connectivity index (χ0v) is 48.5. The molecule has 4 aromatic heterocycles. The summed E-state index contributed by atoms with van der Waals surface area (Å²) in [6.07, 6.45) is 5.75. The number of likely N-dealkylation sites (tertiary alicyclic amines) is 1. The summed E-state index contributed by atoms with van der Waals surface area (Å²) in [5, 5.41) is 21.6. The van der Waals surface area contributed by atoms with Crippen LogP contribution in [0.3, 0.4) is 0 Å². The van der Waals surface area contributed by atoms with E-state index in [1.54, 1.807) is 85.1 Å². The molecule has 2 fully saturated rings. The van der Waals surface area contributed by atoms with Crippen LogP contribution in [0.5, 0.6) is 23.1 Å². The van der Waals surface area contributed by atoms with Crippen LogP contribution in [-0.4, -0.2) is 102 Å². The van der Waals surface area contributed by atoms with E-state index in [0.717, 1.165) is 33.7 Å². The predicted octanol–water partition coefficient (Wildman–Crippen LogP) is 8.72. The van der Waals surface area contributed by atoms with Gasteiger partial charge in [0.2, 0.25) is 17.7 Å². The first kappa shape index (κ1) is 56.9. The van der Waals surface area contributed by atoms with E-state index >= 15 is 0 Å². The molecule has 1 saturated carbocycles. The van der Waals surface area contributed by atoms with Gasteiger partial charge in [-0.25, -0.2) is 23.2 Å². The first-order valence-electron chi connectivity index (χ1n) is 27.1. The number of imidazole rings is 1. The molecule has 4 N–H and O–H groups in total. The number of carbonyl (C=O) groups is 3. The van der Waals surface area contributed by atoms with Gasteiger partial charge in [0.05, 0.1) is 62.6 Å². The lowest BCUT2D eigenvalue weighted by molar-refractivity contribution is -0.144. The van der Waals surface area contributed by atoms with E-state index in [1.165, 1.54) is 44.4 Å². The van der Waals surface area contributed by atoms with Crippen molar-refractivity contribution in [3.63, 3.8) is 0 Å². The molecular weight excluding hydrogens is 1080 g/mol. The molecule has 22 heteroatoms. The maximum absolute atomic E-state index is 14.6. The second kappa shape index (κ2) is 23.3. The third-order valence-corrected chi connectivity index (χ3v) is 17.2. The van der Waals surface area contributed by atoms with E-state index in [4.69, 9.17) is 14.2 Å². The zero-order chi connectivity index (χ0) is 58.2. The zero-order valence-electron chi connectivity index (χ0n) is 46.8. The fraction of sp³-hybridized carbons (Fsp3) is 0.350. The number of nitrogens with zero attached hydrogens (tertiary/aromatic N) is 7. The Hall–Kier alpha value is -8.34. The Bertz CT molecular complexity index is 3860. The number of pyridine rings is 1. The Morgan fingerprint density at radius 1 is 0.878 bits per heavy atom. The second-order valence-electron chi connectivity index (χ2n) is 22.1. The average Bonchev–Trinajstić information content (AvgIpc) is 3.86. The van der Waals surface area contributed by atoms with Crippen LogP contribution < -0.4 is 35.3 Å². The van der Waals surface area contributed by atoms with Crippen molar-refractivity contribution in [1.29, 1.82) is 0 Å². The molecule has 4 aromatic carbocycles. The van der Waals surface area contributed by atoms with E-state index in [-0.39, 0.29) is 70.6 Å². The molecule has 5 heterocycles. The normalized spacial score (nSPS) is 17.9. The van der Waals surface area contributed by atoms with Crippen molar-refractivity contribution in [1.82, 2.24) is 44.4 Å². The molecule has 4 atom stereocenters. The van der Waals surface area contributed by atoms with Gasteiger partial charge < -0.3 is 34.9 Å². The Kier molecular flexibility index (Phi) is 16.1. The van der Waals surface area contributed by atoms with Crippen molar-refractivity contribution >= 4 is 55.8 Å². The number of carbonyl (C=O) groups excluding carboxylic acids is 3. The van der Waals surface area contributed by atoms with Crippen LogP contribution in [0.2, 0.25) is 0 Å². The Morgan fingerprint density at radius 2 is 1.61 bits per heavy atom. The van der Waals surface area contributed by atoms with Crippen LogP contribution in [0, 0.1) is 12.3 Å². The van der Waals surface area contributed by atoms with E-state index < -0.39 is 39.5 Å². The van der Waals surface area contributed by atoms with Gasteiger partial charge in [-0.3, -0.25) is 32.9 Å². The molecule has 8 aromatic rings. The number of benzene rings is 4. The van der Waals surface area contributed by atoms with E-state index in [9.17, 15) is 32.7 Å². The number of sulfonamides is 1. The minimum absolute atomic E-state index is 0.00503. The van der Waals surface area contributed by atoms with E-state index in [2.05, 4.69) is 30.4 Å². The molecule has 428 valence electrons. The van der Waals surface area contributed by atoms with Crippen LogP contribution in [0.25, 0.3) is 32.6 Å². The van der Waals surface area contributed by atoms with Crippen LogP contribution in [0.1, 0.15) is 94.0 Å². The molecule has 0 bridgehead atoms. The lowest BCUT2D eigenvalue weighted by atomic mass is 9.85. The van der Waals surface area contributed by atoms with Crippen LogP contribution >= 0.6 is 11.3 Å². The fourth-order valence-electron chi connectivity index (χ4n) is 10.4. The highest BCUT2D eigenvalue weighted by Gasteiger charge is 2.45. The van der Waals surface area contributed by atoms with Crippen molar-refractivity contribution in [3.8, 4) is 44.7 Å². The number of amides is 3. The SMILES string of the molecule is CCCOc1cccc(Oc2cc3c(cc2NS(=O)(=O)c2cccc(C(=O)N[C@H]4C[C@@H](Oc5cc(-c6cnn([C@H](C(=O)N7C[C@H](O)C[C@H]7C(=O)N[C@@H](C)c7ccc(-c8scnc8C)cc7)C(C)(C)C)c6)ccn5)C4)c2)n(C)c(=O)n3C)c1. The predicted molar refractivity (Wildman–Crippen MR) is 312 cm³/mol. The smallest absolute Gasteiger partial charge is 0.328 e. The van der Waals surface area contributed by atoms with Gasteiger partial charge in [-0.15, -0.1) is 11.3 Å². The minimum Gasteiger partial charge on any atom is -0.493 e. The molecule has 10 rings (SSSR count). The Labute approximate surface area is 479 Å². The average molecular weight is 1150 g/mol. The number of anilines is 1. The molecule has 0 radical (unpaired) electrons. The molecule has 1 saturated heterocycles. The van der Waals surface area contributed by atoms with Gasteiger partial charge in [-0.05, 0) is 84.8 Å². The maximum Gasteiger partial charge on any atom is 0.328 e. The van der Waals surface area contributed by atoms with Gasteiger partial charge in [-0.2, -0.15) is 5.10 Å². The van der Waals surface area contributed by atoms with Crippen molar-refractivity contribution < 1.29 is 42.1 Å². The molecule has 1 aliphatic heterocycles. The van der Waals surface area contributed by atoms with Crippen molar-refractivity contribution in [3.05, 3.63) is 148 Å². The largest absolute Gasteiger partial charge is 0.493 e. The van der Waals surface area contributed by atoms with Gasteiger partial charge in [0.25, 0.3) is 15.9 Å². The minimum atomic E-state index is -4.32. The third-order valence-electron chi connectivity index (χ3n) is 14.9. The van der Waals surface area contributed by atoms with Gasteiger partial charge >= 0.3 is 5.69 Å². The number of aliphatic hydroxyl groups is 1. The summed E-state index contributed by atoms with van der Waals surface area (Å²) >= 11 is 1.57. The second-order valence-corrected chi connectivity index (χ2v) is 24.6. The van der Waals surface area contributed by atoms with Crippen molar-refractivity contribution in [2.24, 2.45) is 19.5 Å². The van der Waals surface area contributed by atoms with Crippen molar-refractivity contribution in [2.45, 2.75) is 108 Å². The topological polar surface area (TPSA) is 243 Å². The van der Waals surface area contributed by atoms with Crippen LogP contribution in [0.4, 0.5) is 5.69 Å². The number of rotatable bonds is 19. The number of ether oxygens (including phenoxy) is 3. The lowest BCUT2D eigenvalue weighted by Crippen LogP contribution is -2.50. The summed E-state index contributed by atoms with van der Waals surface area (Å²) in [5.41, 5.74) is 6.40. The van der Waals surface area contributed by atoms with Gasteiger partial charge in [0.1, 0.15) is 29.7 Å². The molecule has 82 heavy (non-hydrogen) atoms. The van der Waals surface area contributed by atoms with Gasteiger partial charge in [0, 0.05) is 87.7 Å². The molecule has 20 nitrogen and oxygen atoms in total. The summed E-state index contributed by atoms with van der Waals surface area (Å²) in [6.45, 7) is 12.2. The molecule has 1 aliphatic carbocycles. The highest BCUT2D eigenvalue weighted by atomic mass is 32.2. The third kappa shape index (κ3) is 12.1. The number of thiazole rings is 1. The maximum atomic E-state index is 14.6. The highest BCUT2D eigenvalue weighted by Crippen LogP contribution is 2.39. The number of fused-ring (bicyclic) bond motifs is 1. The standard InChI is InChI=1S/C60H66N10O10S2/c1-9-22-78-44-13-11-14-45(28-44)79-52-30-50-49(67(7)59(75)68(50)8)29-48(52)66-82(76,77)47-15-10-12-40(23-47)56(72)65-42-25-46(26-42)80-53-24-39(20-21-61-53)41-31-63-70(32-41)55(60(4,5)6)58(74)69-33-43(71)27-51(69)57(73)64-35(2)37-16-18-38(19-17-37)54-36(3)62-34-81-54/h10-21,23-24,28-32,34-35,42-43,46,51,55,66,71H,9,22,25-27,33H2,1-8H3,(H,64,73)(H,65,72)/t35-,42-,43+,46+,51-,55+/m0/s1. The number of β-amino-alcohol motifs (C(OH)–C–C–N with tert-alkyl or cyclic N) is 1. The van der Waals surface area contributed by atoms with E-state index in [0.29, 0.717) is 53.4 Å². The number of aliphatic hydroxyl groups excluding tert-OH is 1. The Morgan fingerprint density at radius 3 is 2.33 bits per heavy atom. The molecule has 2 aliphatic rings. The van der Waals surface area contributed by atoms with Crippen LogP contribution in [0.15, 0.2) is 131 Å². The number of nitrogens with one attached hydrogen (secondary N) is 3. The first-order chi connectivity index (χ1) is 39.1.